The Morgan fingerprint density at radius 3 is 2.56 bits per heavy atom. The van der Waals surface area contributed by atoms with Gasteiger partial charge in [-0.1, -0.05) is 30.3 Å². The molecule has 7 heteroatoms. The van der Waals surface area contributed by atoms with Gasteiger partial charge in [0.15, 0.2) is 0 Å². The van der Waals surface area contributed by atoms with Crippen LogP contribution in [0.1, 0.15) is 29.3 Å². The summed E-state index contributed by atoms with van der Waals surface area (Å²) in [6.07, 6.45) is -0.402. The Balaban J connectivity index is 1.39. The number of aryl methyl sites for hydroxylation is 2. The maximum atomic E-state index is 13.1. The first-order chi connectivity index (χ1) is 17.4. The zero-order valence-corrected chi connectivity index (χ0v) is 20.8. The van der Waals surface area contributed by atoms with Crippen LogP contribution in [0.2, 0.25) is 0 Å². The largest absolute Gasteiger partial charge is 0.495 e. The lowest BCUT2D eigenvalue weighted by molar-refractivity contribution is -0.117. The highest BCUT2D eigenvalue weighted by atomic mass is 16.5. The van der Waals surface area contributed by atoms with Gasteiger partial charge in [-0.15, -0.1) is 0 Å². The molecule has 1 saturated heterocycles. The number of ether oxygens (including phenoxy) is 2. The molecule has 2 atom stereocenters. The van der Waals surface area contributed by atoms with Crippen LogP contribution >= 0.6 is 0 Å². The topological polar surface area (TPSA) is 76.8 Å². The van der Waals surface area contributed by atoms with Gasteiger partial charge in [0.05, 0.1) is 30.4 Å². The number of hydrogen-bond acceptors (Lipinski definition) is 5. The summed E-state index contributed by atoms with van der Waals surface area (Å²) < 4.78 is 13.4. The van der Waals surface area contributed by atoms with Crippen molar-refractivity contribution in [3.8, 4) is 11.5 Å². The van der Waals surface area contributed by atoms with E-state index in [-0.39, 0.29) is 18.4 Å². The summed E-state index contributed by atoms with van der Waals surface area (Å²) in [4.78, 5) is 19.7. The minimum absolute atomic E-state index is 0.0294. The average molecular weight is 486 g/mol. The molecule has 1 aliphatic heterocycles. The second-order valence-electron chi connectivity index (χ2n) is 9.43. The van der Waals surface area contributed by atoms with Crippen molar-refractivity contribution in [3.05, 3.63) is 83.7 Å². The minimum atomic E-state index is -0.746. The van der Waals surface area contributed by atoms with E-state index in [1.807, 2.05) is 79.1 Å². The molecule has 1 aliphatic rings. The first-order valence-corrected chi connectivity index (χ1v) is 12.2. The minimum Gasteiger partial charge on any atom is -0.495 e. The van der Waals surface area contributed by atoms with Gasteiger partial charge in [0.2, 0.25) is 5.91 Å². The van der Waals surface area contributed by atoms with Crippen molar-refractivity contribution < 1.29 is 19.4 Å². The molecular formula is C29H31N3O4. The number of rotatable bonds is 8. The molecule has 0 radical (unpaired) electrons. The van der Waals surface area contributed by atoms with Gasteiger partial charge >= 0.3 is 0 Å². The molecule has 0 bridgehead atoms. The second kappa shape index (κ2) is 10.0. The van der Waals surface area contributed by atoms with Gasteiger partial charge in [-0.25, -0.2) is 4.98 Å². The number of aliphatic hydroxyl groups is 1. The Kier molecular flexibility index (Phi) is 6.65. The van der Waals surface area contributed by atoms with Crippen molar-refractivity contribution in [3.63, 3.8) is 0 Å². The highest BCUT2D eigenvalue weighted by molar-refractivity contribution is 5.97. The number of nitrogens with zero attached hydrogens (tertiary/aromatic N) is 3. The summed E-state index contributed by atoms with van der Waals surface area (Å²) in [6.45, 7) is 5.03. The number of hydrogen-bond donors (Lipinski definition) is 1. The molecule has 0 unspecified atom stereocenters. The highest BCUT2D eigenvalue weighted by Crippen LogP contribution is 2.37. The maximum Gasteiger partial charge on any atom is 0.227 e. The summed E-state index contributed by atoms with van der Waals surface area (Å²) in [6, 6.07) is 21.4. The van der Waals surface area contributed by atoms with Crippen molar-refractivity contribution in [2.45, 2.75) is 38.8 Å². The van der Waals surface area contributed by atoms with E-state index < -0.39 is 6.10 Å². The Morgan fingerprint density at radius 1 is 1.06 bits per heavy atom. The molecular weight excluding hydrogens is 454 g/mol. The van der Waals surface area contributed by atoms with E-state index in [2.05, 4.69) is 6.07 Å². The predicted octanol–water partition coefficient (Wildman–Crippen LogP) is 4.62. The molecule has 0 saturated carbocycles. The molecule has 186 valence electrons. The molecule has 0 aliphatic carbocycles. The van der Waals surface area contributed by atoms with Crippen LogP contribution in [0, 0.1) is 13.8 Å². The van der Waals surface area contributed by atoms with Crippen LogP contribution in [0.25, 0.3) is 11.0 Å². The Labute approximate surface area is 210 Å². The number of aliphatic hydroxyl groups excluding tert-OH is 1. The number of fused-ring (bicyclic) bond motifs is 1. The number of amides is 1. The van der Waals surface area contributed by atoms with Crippen LogP contribution in [0.3, 0.4) is 0 Å². The monoisotopic (exact) mass is 485 g/mol. The normalized spacial score (nSPS) is 16.5. The average Bonchev–Trinajstić information content (AvgIpc) is 3.42. The number of methoxy groups -OCH3 is 1. The number of carbonyl (C=O) groups excluding carboxylic acids is 1. The number of benzene rings is 3. The number of carbonyl (C=O) groups is 1. The number of para-hydroxylation sites is 4. The first kappa shape index (κ1) is 23.9. The second-order valence-corrected chi connectivity index (χ2v) is 9.43. The van der Waals surface area contributed by atoms with Gasteiger partial charge in [-0.2, -0.15) is 0 Å². The summed E-state index contributed by atoms with van der Waals surface area (Å²) in [5.41, 5.74) is 4.78. The van der Waals surface area contributed by atoms with Crippen LogP contribution in [0.15, 0.2) is 66.7 Å². The fraction of sp³-hybridized carbons (Fsp3) is 0.310. The van der Waals surface area contributed by atoms with Gasteiger partial charge in [-0.05, 0) is 61.4 Å². The van der Waals surface area contributed by atoms with Crippen LogP contribution in [-0.4, -0.2) is 46.9 Å². The molecule has 7 nitrogen and oxygen atoms in total. The summed E-state index contributed by atoms with van der Waals surface area (Å²) in [7, 11) is 1.61. The third-order valence-corrected chi connectivity index (χ3v) is 6.58. The summed E-state index contributed by atoms with van der Waals surface area (Å²) >= 11 is 0. The van der Waals surface area contributed by atoms with Gasteiger partial charge < -0.3 is 24.0 Å². The van der Waals surface area contributed by atoms with Gasteiger partial charge in [-0.3, -0.25) is 4.79 Å². The number of imidazole rings is 1. The van der Waals surface area contributed by atoms with E-state index in [1.165, 1.54) is 0 Å². The third kappa shape index (κ3) is 4.79. The zero-order valence-electron chi connectivity index (χ0n) is 20.8. The van der Waals surface area contributed by atoms with Crippen molar-refractivity contribution in [2.75, 3.05) is 25.2 Å². The predicted molar refractivity (Wildman–Crippen MR) is 140 cm³/mol. The van der Waals surface area contributed by atoms with E-state index in [0.29, 0.717) is 25.3 Å². The van der Waals surface area contributed by atoms with Crippen LogP contribution in [0.4, 0.5) is 5.69 Å². The van der Waals surface area contributed by atoms with Crippen molar-refractivity contribution >= 4 is 22.6 Å². The Morgan fingerprint density at radius 2 is 1.78 bits per heavy atom. The number of anilines is 1. The van der Waals surface area contributed by atoms with Crippen molar-refractivity contribution in [1.82, 2.24) is 9.55 Å². The van der Waals surface area contributed by atoms with E-state index in [9.17, 15) is 9.90 Å². The lowest BCUT2D eigenvalue weighted by atomic mass is 10.1. The lowest BCUT2D eigenvalue weighted by Gasteiger charge is -2.20. The first-order valence-electron chi connectivity index (χ1n) is 12.2. The van der Waals surface area contributed by atoms with E-state index in [0.717, 1.165) is 39.4 Å². The quantitative estimate of drug-likeness (QED) is 0.394. The molecule has 36 heavy (non-hydrogen) atoms. The standard InChI is InChI=1S/C29H31N3O4/c1-19-12-20(2)14-23(13-19)36-18-22(33)17-32-25-9-5-4-8-24(25)30-29(32)21-15-28(34)31(16-21)26-10-6-7-11-27(26)35-3/h4-14,21-22,33H,15-18H2,1-3H3/t21-,22-/m0/s1. The Hall–Kier alpha value is -3.84. The smallest absolute Gasteiger partial charge is 0.227 e. The molecule has 3 aromatic carbocycles. The highest BCUT2D eigenvalue weighted by Gasteiger charge is 2.36. The van der Waals surface area contributed by atoms with E-state index in [4.69, 9.17) is 14.5 Å². The Bertz CT molecular complexity index is 1380. The van der Waals surface area contributed by atoms with Crippen LogP contribution in [0.5, 0.6) is 11.5 Å². The summed E-state index contributed by atoms with van der Waals surface area (Å²) in [5, 5.41) is 10.9. The molecule has 1 aromatic heterocycles. The number of aromatic nitrogens is 2. The summed E-state index contributed by atoms with van der Waals surface area (Å²) in [5.74, 6) is 2.13. The van der Waals surface area contributed by atoms with E-state index in [1.54, 1.807) is 12.0 Å². The fourth-order valence-electron chi connectivity index (χ4n) is 5.04. The van der Waals surface area contributed by atoms with Gasteiger partial charge in [0.25, 0.3) is 0 Å². The molecule has 2 heterocycles. The third-order valence-electron chi connectivity index (χ3n) is 6.58. The SMILES string of the molecule is COc1ccccc1N1C[C@@H](c2nc3ccccc3n2C[C@H](O)COc2cc(C)cc(C)c2)CC1=O. The van der Waals surface area contributed by atoms with Gasteiger partial charge in [0, 0.05) is 18.9 Å². The lowest BCUT2D eigenvalue weighted by Crippen LogP contribution is -2.26. The maximum absolute atomic E-state index is 13.1. The molecule has 1 fully saturated rings. The molecule has 5 rings (SSSR count). The van der Waals surface area contributed by atoms with Crippen molar-refractivity contribution in [1.29, 1.82) is 0 Å². The zero-order chi connectivity index (χ0) is 25.2. The molecule has 4 aromatic rings. The van der Waals surface area contributed by atoms with Crippen LogP contribution in [-0.2, 0) is 11.3 Å². The molecule has 1 amide bonds. The van der Waals surface area contributed by atoms with E-state index >= 15 is 0 Å². The van der Waals surface area contributed by atoms with Crippen LogP contribution < -0.4 is 14.4 Å². The van der Waals surface area contributed by atoms with Crippen molar-refractivity contribution in [2.24, 2.45) is 0 Å². The molecule has 0 spiro atoms. The van der Waals surface area contributed by atoms with Gasteiger partial charge in [0.1, 0.15) is 30.0 Å². The fourth-order valence-corrected chi connectivity index (χ4v) is 5.04. The molecule has 1 N–H and O–H groups in total.